The number of halogens is 2. The molecule has 0 unspecified atom stereocenters. The van der Waals surface area contributed by atoms with Crippen LogP contribution in [0.4, 0.5) is 8.78 Å². The lowest BCUT2D eigenvalue weighted by Gasteiger charge is -2.11. The SMILES string of the molecule is Cc1ccc(C2OCCO2)c(F)c1F. The molecule has 1 aromatic rings. The Morgan fingerprint density at radius 1 is 1.14 bits per heavy atom. The van der Waals surface area contributed by atoms with Crippen molar-refractivity contribution in [1.82, 2.24) is 0 Å². The Kier molecular flexibility index (Phi) is 2.48. The predicted molar refractivity (Wildman–Crippen MR) is 45.7 cm³/mol. The van der Waals surface area contributed by atoms with Gasteiger partial charge in [0.05, 0.1) is 13.2 Å². The fourth-order valence-corrected chi connectivity index (χ4v) is 1.38. The summed E-state index contributed by atoms with van der Waals surface area (Å²) < 4.78 is 36.7. The van der Waals surface area contributed by atoms with E-state index in [1.165, 1.54) is 19.1 Å². The summed E-state index contributed by atoms with van der Waals surface area (Å²) in [6.07, 6.45) is -0.759. The minimum Gasteiger partial charge on any atom is -0.346 e. The molecule has 0 saturated carbocycles. The van der Waals surface area contributed by atoms with Gasteiger partial charge in [-0.3, -0.25) is 0 Å². The summed E-state index contributed by atoms with van der Waals surface area (Å²) in [6, 6.07) is 3.00. The van der Waals surface area contributed by atoms with E-state index in [0.717, 1.165) is 0 Å². The monoisotopic (exact) mass is 200 g/mol. The van der Waals surface area contributed by atoms with Gasteiger partial charge in [-0.1, -0.05) is 12.1 Å². The highest BCUT2D eigenvalue weighted by molar-refractivity contribution is 5.26. The average Bonchev–Trinajstić information content (AvgIpc) is 2.67. The lowest BCUT2D eigenvalue weighted by atomic mass is 10.1. The first-order chi connectivity index (χ1) is 6.70. The molecule has 0 aromatic heterocycles. The van der Waals surface area contributed by atoms with Gasteiger partial charge in [-0.05, 0) is 12.5 Å². The zero-order valence-corrected chi connectivity index (χ0v) is 7.72. The number of aryl methyl sites for hydroxylation is 1. The second-order valence-corrected chi connectivity index (χ2v) is 3.17. The van der Waals surface area contributed by atoms with Crippen LogP contribution in [0.2, 0.25) is 0 Å². The van der Waals surface area contributed by atoms with Gasteiger partial charge in [0, 0.05) is 5.56 Å². The van der Waals surface area contributed by atoms with Crippen molar-refractivity contribution >= 4 is 0 Å². The molecule has 0 atom stereocenters. The molecule has 14 heavy (non-hydrogen) atoms. The first-order valence-corrected chi connectivity index (χ1v) is 4.38. The van der Waals surface area contributed by atoms with Crippen LogP contribution < -0.4 is 0 Å². The summed E-state index contributed by atoms with van der Waals surface area (Å²) in [5, 5.41) is 0. The summed E-state index contributed by atoms with van der Waals surface area (Å²) in [4.78, 5) is 0. The Bertz CT molecular complexity index is 346. The fraction of sp³-hybridized carbons (Fsp3) is 0.400. The molecule has 0 N–H and O–H groups in total. The molecule has 0 radical (unpaired) electrons. The molecule has 1 aromatic carbocycles. The quantitative estimate of drug-likeness (QED) is 0.692. The Hall–Kier alpha value is -1.00. The van der Waals surface area contributed by atoms with Crippen LogP contribution in [-0.4, -0.2) is 13.2 Å². The van der Waals surface area contributed by atoms with Crippen LogP contribution in [0.3, 0.4) is 0 Å². The lowest BCUT2D eigenvalue weighted by molar-refractivity contribution is -0.0468. The molecular formula is C10H10F2O2. The highest BCUT2D eigenvalue weighted by atomic mass is 19.2. The van der Waals surface area contributed by atoms with Gasteiger partial charge in [-0.2, -0.15) is 0 Å². The van der Waals surface area contributed by atoms with E-state index < -0.39 is 17.9 Å². The van der Waals surface area contributed by atoms with Crippen molar-refractivity contribution in [2.75, 3.05) is 13.2 Å². The van der Waals surface area contributed by atoms with Crippen molar-refractivity contribution in [3.05, 3.63) is 34.9 Å². The maximum absolute atomic E-state index is 13.4. The number of rotatable bonds is 1. The van der Waals surface area contributed by atoms with E-state index in [9.17, 15) is 8.78 Å². The molecule has 0 aliphatic carbocycles. The molecule has 2 nitrogen and oxygen atoms in total. The largest absolute Gasteiger partial charge is 0.346 e. The van der Waals surface area contributed by atoms with E-state index in [0.29, 0.717) is 13.2 Å². The molecule has 0 amide bonds. The van der Waals surface area contributed by atoms with Crippen molar-refractivity contribution < 1.29 is 18.3 Å². The van der Waals surface area contributed by atoms with E-state index in [2.05, 4.69) is 0 Å². The van der Waals surface area contributed by atoms with E-state index in [1.54, 1.807) is 0 Å². The number of hydrogen-bond donors (Lipinski definition) is 0. The lowest BCUT2D eigenvalue weighted by Crippen LogP contribution is -2.04. The molecule has 1 aliphatic rings. The number of ether oxygens (including phenoxy) is 2. The van der Waals surface area contributed by atoms with Crippen molar-refractivity contribution in [3.8, 4) is 0 Å². The molecule has 0 bridgehead atoms. The second-order valence-electron chi connectivity index (χ2n) is 3.17. The molecule has 1 aliphatic heterocycles. The Morgan fingerprint density at radius 3 is 2.43 bits per heavy atom. The van der Waals surface area contributed by atoms with Crippen LogP contribution in [-0.2, 0) is 9.47 Å². The average molecular weight is 200 g/mol. The standard InChI is InChI=1S/C10H10F2O2/c1-6-2-3-7(9(12)8(6)11)10-13-4-5-14-10/h2-3,10H,4-5H2,1H3. The van der Waals surface area contributed by atoms with Gasteiger partial charge in [0.1, 0.15) is 0 Å². The molecule has 0 spiro atoms. The van der Waals surface area contributed by atoms with Gasteiger partial charge in [0.15, 0.2) is 17.9 Å². The zero-order valence-electron chi connectivity index (χ0n) is 7.72. The smallest absolute Gasteiger partial charge is 0.186 e. The third-order valence-electron chi connectivity index (χ3n) is 2.18. The van der Waals surface area contributed by atoms with Crippen LogP contribution in [0, 0.1) is 18.6 Å². The van der Waals surface area contributed by atoms with Crippen LogP contribution in [0.25, 0.3) is 0 Å². The maximum atomic E-state index is 13.4. The van der Waals surface area contributed by atoms with E-state index in [4.69, 9.17) is 9.47 Å². The first kappa shape index (κ1) is 9.55. The van der Waals surface area contributed by atoms with Crippen LogP contribution in [0.15, 0.2) is 12.1 Å². The fourth-order valence-electron chi connectivity index (χ4n) is 1.38. The van der Waals surface area contributed by atoms with Gasteiger partial charge in [0.25, 0.3) is 0 Å². The minimum atomic E-state index is -0.878. The minimum absolute atomic E-state index is 0.130. The van der Waals surface area contributed by atoms with Gasteiger partial charge in [-0.25, -0.2) is 8.78 Å². The van der Waals surface area contributed by atoms with E-state index >= 15 is 0 Å². The molecule has 1 fully saturated rings. The Labute approximate surface area is 80.4 Å². The van der Waals surface area contributed by atoms with Crippen molar-refractivity contribution in [1.29, 1.82) is 0 Å². The van der Waals surface area contributed by atoms with Crippen molar-refractivity contribution in [3.63, 3.8) is 0 Å². The predicted octanol–water partition coefficient (Wildman–Crippen LogP) is 2.32. The summed E-state index contributed by atoms with van der Waals surface area (Å²) in [5.41, 5.74) is 0.412. The summed E-state index contributed by atoms with van der Waals surface area (Å²) >= 11 is 0. The van der Waals surface area contributed by atoms with Gasteiger partial charge in [0.2, 0.25) is 0 Å². The Morgan fingerprint density at radius 2 is 1.79 bits per heavy atom. The van der Waals surface area contributed by atoms with Crippen molar-refractivity contribution in [2.24, 2.45) is 0 Å². The summed E-state index contributed by atoms with van der Waals surface area (Å²) in [5.74, 6) is -1.71. The van der Waals surface area contributed by atoms with Gasteiger partial charge >= 0.3 is 0 Å². The van der Waals surface area contributed by atoms with E-state index in [1.807, 2.05) is 0 Å². The molecule has 2 rings (SSSR count). The normalized spacial score (nSPS) is 17.6. The zero-order chi connectivity index (χ0) is 10.1. The summed E-state index contributed by atoms with van der Waals surface area (Å²) in [7, 11) is 0. The third-order valence-corrected chi connectivity index (χ3v) is 2.18. The number of benzene rings is 1. The van der Waals surface area contributed by atoms with E-state index in [-0.39, 0.29) is 11.1 Å². The highest BCUT2D eigenvalue weighted by Crippen LogP contribution is 2.27. The molecule has 4 heteroatoms. The molecular weight excluding hydrogens is 190 g/mol. The second kappa shape index (κ2) is 3.63. The molecule has 1 heterocycles. The highest BCUT2D eigenvalue weighted by Gasteiger charge is 2.24. The van der Waals surface area contributed by atoms with Crippen LogP contribution >= 0.6 is 0 Å². The third kappa shape index (κ3) is 1.51. The topological polar surface area (TPSA) is 18.5 Å². The summed E-state index contributed by atoms with van der Waals surface area (Å²) in [6.45, 7) is 2.34. The van der Waals surface area contributed by atoms with Gasteiger partial charge in [-0.15, -0.1) is 0 Å². The molecule has 76 valence electrons. The van der Waals surface area contributed by atoms with Crippen LogP contribution in [0.1, 0.15) is 17.4 Å². The first-order valence-electron chi connectivity index (χ1n) is 4.38. The van der Waals surface area contributed by atoms with Crippen LogP contribution in [0.5, 0.6) is 0 Å². The van der Waals surface area contributed by atoms with Crippen molar-refractivity contribution in [2.45, 2.75) is 13.2 Å². The Balaban J connectivity index is 2.38. The maximum Gasteiger partial charge on any atom is 0.186 e. The van der Waals surface area contributed by atoms with Gasteiger partial charge < -0.3 is 9.47 Å². The number of hydrogen-bond acceptors (Lipinski definition) is 2. The molecule has 1 saturated heterocycles.